The number of halogens is 1. The van der Waals surface area contributed by atoms with Crippen LogP contribution in [0, 0.1) is 0 Å². The molecular weight excluding hydrogens is 302 g/mol. The van der Waals surface area contributed by atoms with Crippen LogP contribution >= 0.6 is 22.9 Å². The van der Waals surface area contributed by atoms with Crippen LogP contribution in [-0.2, 0) is 19.3 Å². The minimum Gasteiger partial charge on any atom is -0.261 e. The summed E-state index contributed by atoms with van der Waals surface area (Å²) in [6, 6.07) is 5.88. The lowest BCUT2D eigenvalue weighted by atomic mass is 9.97. The van der Waals surface area contributed by atoms with Crippen molar-refractivity contribution in [2.75, 3.05) is 0 Å². The van der Waals surface area contributed by atoms with E-state index < -0.39 is 0 Å². The molecule has 0 saturated heterocycles. The zero-order valence-corrected chi connectivity index (χ0v) is 13.0. The highest BCUT2D eigenvalue weighted by atomic mass is 35.5. The maximum atomic E-state index is 6.44. The van der Waals surface area contributed by atoms with E-state index in [1.807, 2.05) is 18.2 Å². The third-order valence-corrected chi connectivity index (χ3v) is 5.34. The van der Waals surface area contributed by atoms with Gasteiger partial charge >= 0.3 is 0 Å². The first-order valence-electron chi connectivity index (χ1n) is 7.18. The fourth-order valence-corrected chi connectivity index (χ4v) is 4.54. The van der Waals surface area contributed by atoms with Crippen molar-refractivity contribution in [3.63, 3.8) is 0 Å². The Balaban J connectivity index is 1.79. The maximum Gasteiger partial charge on any atom is 0.141 e. The minimum absolute atomic E-state index is 0.602. The number of aryl methyl sites for hydroxylation is 2. The predicted octanol–water partition coefficient (Wildman–Crippen LogP) is 4.21. The normalized spacial score (nSPS) is 14.3. The van der Waals surface area contributed by atoms with Gasteiger partial charge in [-0.15, -0.1) is 11.3 Å². The van der Waals surface area contributed by atoms with Crippen molar-refractivity contribution in [1.82, 2.24) is 15.0 Å². The number of rotatable bonds is 2. The van der Waals surface area contributed by atoms with E-state index in [2.05, 4.69) is 9.97 Å². The molecular formula is C16H14ClN3S. The van der Waals surface area contributed by atoms with Crippen LogP contribution < -0.4 is 0 Å². The monoisotopic (exact) mass is 315 g/mol. The van der Waals surface area contributed by atoms with Gasteiger partial charge in [0.05, 0.1) is 11.8 Å². The van der Waals surface area contributed by atoms with Crippen molar-refractivity contribution >= 4 is 33.2 Å². The van der Waals surface area contributed by atoms with Gasteiger partial charge in [0.25, 0.3) is 0 Å². The number of aromatic nitrogens is 3. The summed E-state index contributed by atoms with van der Waals surface area (Å²) < 4.78 is 0. The van der Waals surface area contributed by atoms with E-state index in [0.717, 1.165) is 34.6 Å². The molecule has 0 radical (unpaired) electrons. The third kappa shape index (κ3) is 2.43. The highest BCUT2D eigenvalue weighted by molar-refractivity contribution is 7.19. The number of nitrogens with zero attached hydrogens (tertiary/aromatic N) is 3. The maximum absolute atomic E-state index is 6.44. The number of thiophene rings is 1. The highest BCUT2D eigenvalue weighted by Crippen LogP contribution is 2.38. The molecule has 21 heavy (non-hydrogen) atoms. The van der Waals surface area contributed by atoms with Gasteiger partial charge in [0.15, 0.2) is 0 Å². The highest BCUT2D eigenvalue weighted by Gasteiger charge is 2.20. The van der Waals surface area contributed by atoms with Crippen LogP contribution in [0.2, 0.25) is 5.15 Å². The summed E-state index contributed by atoms with van der Waals surface area (Å²) in [6.45, 7) is 0. The summed E-state index contributed by atoms with van der Waals surface area (Å²) in [5.74, 6) is 0.754. The lowest BCUT2D eigenvalue weighted by molar-refractivity contribution is 0.700. The van der Waals surface area contributed by atoms with Gasteiger partial charge in [0.1, 0.15) is 15.8 Å². The summed E-state index contributed by atoms with van der Waals surface area (Å²) in [6.07, 6.45) is 7.19. The molecule has 0 bridgehead atoms. The van der Waals surface area contributed by atoms with Gasteiger partial charge in [-0.05, 0) is 43.4 Å². The molecule has 0 atom stereocenters. The van der Waals surface area contributed by atoms with Gasteiger partial charge in [-0.2, -0.15) is 0 Å². The Bertz CT molecular complexity index is 798. The molecule has 0 aliphatic heterocycles. The molecule has 1 aliphatic rings. The molecule has 0 unspecified atom stereocenters. The molecule has 0 N–H and O–H groups in total. The van der Waals surface area contributed by atoms with Crippen LogP contribution in [0.25, 0.3) is 10.2 Å². The van der Waals surface area contributed by atoms with E-state index in [1.54, 1.807) is 17.5 Å². The number of pyridine rings is 1. The molecule has 4 rings (SSSR count). The third-order valence-electron chi connectivity index (χ3n) is 3.88. The fraction of sp³-hybridized carbons (Fsp3) is 0.312. The average molecular weight is 316 g/mol. The lowest BCUT2D eigenvalue weighted by Crippen LogP contribution is -2.00. The SMILES string of the molecule is Clc1nc(Cc2ccccn2)nc2sc3c(c12)CCCC3. The Labute approximate surface area is 132 Å². The summed E-state index contributed by atoms with van der Waals surface area (Å²) >= 11 is 8.22. The average Bonchev–Trinajstić information content (AvgIpc) is 2.87. The fourth-order valence-electron chi connectivity index (χ4n) is 2.90. The summed E-state index contributed by atoms with van der Waals surface area (Å²) in [5.41, 5.74) is 2.35. The zero-order valence-electron chi connectivity index (χ0n) is 11.5. The first-order valence-corrected chi connectivity index (χ1v) is 8.37. The van der Waals surface area contributed by atoms with Crippen molar-refractivity contribution in [3.05, 3.63) is 51.5 Å². The van der Waals surface area contributed by atoms with E-state index in [1.165, 1.54) is 23.3 Å². The van der Waals surface area contributed by atoms with Crippen LogP contribution in [0.3, 0.4) is 0 Å². The summed E-state index contributed by atoms with van der Waals surface area (Å²) in [4.78, 5) is 16.0. The molecule has 0 spiro atoms. The minimum atomic E-state index is 0.602. The van der Waals surface area contributed by atoms with Crippen LogP contribution in [0.4, 0.5) is 0 Å². The quantitative estimate of drug-likeness (QED) is 0.665. The zero-order chi connectivity index (χ0) is 14.2. The molecule has 0 aromatic carbocycles. The van der Waals surface area contributed by atoms with Crippen LogP contribution in [-0.4, -0.2) is 15.0 Å². The Morgan fingerprint density at radius 3 is 2.90 bits per heavy atom. The predicted molar refractivity (Wildman–Crippen MR) is 86.1 cm³/mol. The van der Waals surface area contributed by atoms with Crippen molar-refractivity contribution in [3.8, 4) is 0 Å². The number of fused-ring (bicyclic) bond motifs is 3. The molecule has 0 saturated carbocycles. The van der Waals surface area contributed by atoms with Gasteiger partial charge in [0.2, 0.25) is 0 Å². The van der Waals surface area contributed by atoms with Gasteiger partial charge < -0.3 is 0 Å². The topological polar surface area (TPSA) is 38.7 Å². The first-order chi connectivity index (χ1) is 10.3. The summed E-state index contributed by atoms with van der Waals surface area (Å²) in [7, 11) is 0. The second-order valence-corrected chi connectivity index (χ2v) is 6.76. The van der Waals surface area contributed by atoms with Crippen LogP contribution in [0.15, 0.2) is 24.4 Å². The molecule has 3 heterocycles. The Kier molecular flexibility index (Phi) is 3.36. The number of hydrogen-bond donors (Lipinski definition) is 0. The van der Waals surface area contributed by atoms with Crippen LogP contribution in [0.5, 0.6) is 0 Å². The van der Waals surface area contributed by atoms with E-state index in [9.17, 15) is 0 Å². The molecule has 0 fully saturated rings. The molecule has 3 nitrogen and oxygen atoms in total. The second kappa shape index (κ2) is 5.35. The molecule has 5 heteroatoms. The van der Waals surface area contributed by atoms with E-state index in [-0.39, 0.29) is 0 Å². The van der Waals surface area contributed by atoms with Crippen LogP contribution in [0.1, 0.15) is 34.8 Å². The van der Waals surface area contributed by atoms with Gasteiger partial charge in [-0.25, -0.2) is 9.97 Å². The largest absolute Gasteiger partial charge is 0.261 e. The Hall–Kier alpha value is -1.52. The molecule has 106 valence electrons. The van der Waals surface area contributed by atoms with E-state index in [4.69, 9.17) is 16.6 Å². The van der Waals surface area contributed by atoms with Gasteiger partial charge in [-0.3, -0.25) is 4.98 Å². The van der Waals surface area contributed by atoms with Crippen molar-refractivity contribution in [2.45, 2.75) is 32.1 Å². The van der Waals surface area contributed by atoms with Gasteiger partial charge in [0, 0.05) is 16.8 Å². The van der Waals surface area contributed by atoms with Crippen molar-refractivity contribution in [1.29, 1.82) is 0 Å². The molecule has 1 aliphatic carbocycles. The van der Waals surface area contributed by atoms with E-state index >= 15 is 0 Å². The lowest BCUT2D eigenvalue weighted by Gasteiger charge is -2.10. The van der Waals surface area contributed by atoms with Gasteiger partial charge in [-0.1, -0.05) is 17.7 Å². The number of hydrogen-bond acceptors (Lipinski definition) is 4. The molecule has 3 aromatic heterocycles. The Morgan fingerprint density at radius 1 is 1.14 bits per heavy atom. The molecule has 3 aromatic rings. The van der Waals surface area contributed by atoms with Crippen molar-refractivity contribution in [2.24, 2.45) is 0 Å². The first kappa shape index (κ1) is 13.2. The smallest absolute Gasteiger partial charge is 0.141 e. The molecule has 0 amide bonds. The summed E-state index contributed by atoms with van der Waals surface area (Å²) in [5, 5.41) is 1.69. The van der Waals surface area contributed by atoms with Crippen molar-refractivity contribution < 1.29 is 0 Å². The van der Waals surface area contributed by atoms with E-state index in [0.29, 0.717) is 11.6 Å². The second-order valence-electron chi connectivity index (χ2n) is 5.32. The Morgan fingerprint density at radius 2 is 2.05 bits per heavy atom. The standard InChI is InChI=1S/C16H14ClN3S/c17-15-14-11-6-1-2-7-12(11)21-16(14)20-13(19-15)9-10-5-3-4-8-18-10/h3-5,8H,1-2,6-7,9H2.